The molecule has 116 valence electrons. The van der Waals surface area contributed by atoms with Crippen molar-refractivity contribution in [1.82, 2.24) is 4.72 Å². The number of ether oxygens (including phenoxy) is 2. The maximum atomic E-state index is 12.0. The molecule has 1 aliphatic rings. The predicted octanol–water partition coefficient (Wildman–Crippen LogP) is 1.08. The molecule has 2 rings (SSSR count). The largest absolute Gasteiger partial charge is 0.376 e. The van der Waals surface area contributed by atoms with Gasteiger partial charge in [-0.3, -0.25) is 4.79 Å². The molecule has 0 spiro atoms. The summed E-state index contributed by atoms with van der Waals surface area (Å²) < 4.78 is 36.8. The van der Waals surface area contributed by atoms with Crippen LogP contribution in [0.2, 0.25) is 0 Å². The van der Waals surface area contributed by atoms with Crippen LogP contribution in [0.15, 0.2) is 35.2 Å². The third kappa shape index (κ3) is 4.52. The van der Waals surface area contributed by atoms with Crippen LogP contribution in [0.25, 0.3) is 0 Å². The summed E-state index contributed by atoms with van der Waals surface area (Å²) in [5.74, 6) is -0.683. The molecule has 1 aliphatic heterocycles. The molecule has 7 heteroatoms. The van der Waals surface area contributed by atoms with E-state index in [0.29, 0.717) is 13.2 Å². The van der Waals surface area contributed by atoms with Crippen LogP contribution in [0.3, 0.4) is 0 Å². The minimum Gasteiger partial charge on any atom is -0.376 e. The highest BCUT2D eigenvalue weighted by Crippen LogP contribution is 2.13. The first-order valence-electron chi connectivity index (χ1n) is 6.84. The van der Waals surface area contributed by atoms with Crippen LogP contribution in [-0.2, 0) is 24.3 Å². The van der Waals surface area contributed by atoms with Crippen molar-refractivity contribution in [2.24, 2.45) is 0 Å². The van der Waals surface area contributed by atoms with Crippen molar-refractivity contribution in [2.45, 2.75) is 36.9 Å². The van der Waals surface area contributed by atoms with Gasteiger partial charge in [0.15, 0.2) is 0 Å². The Labute approximate surface area is 124 Å². The zero-order chi connectivity index (χ0) is 15.3. The van der Waals surface area contributed by atoms with Crippen molar-refractivity contribution in [3.05, 3.63) is 30.3 Å². The molecule has 1 N–H and O–H groups in total. The van der Waals surface area contributed by atoms with Gasteiger partial charge in [-0.05, 0) is 31.9 Å². The lowest BCUT2D eigenvalue weighted by molar-refractivity contribution is -0.131. The SMILES string of the molecule is CC(OCC1CCCO1)C(=O)NS(=O)(=O)c1ccccc1. The van der Waals surface area contributed by atoms with Gasteiger partial charge in [-0.1, -0.05) is 18.2 Å². The second-order valence-electron chi connectivity index (χ2n) is 4.89. The third-order valence-electron chi connectivity index (χ3n) is 3.21. The molecule has 1 heterocycles. The Hall–Kier alpha value is -1.44. The summed E-state index contributed by atoms with van der Waals surface area (Å²) in [6, 6.07) is 7.74. The maximum Gasteiger partial charge on any atom is 0.264 e. The second kappa shape index (κ2) is 7.02. The molecule has 1 saturated heterocycles. The predicted molar refractivity (Wildman–Crippen MR) is 76.2 cm³/mol. The van der Waals surface area contributed by atoms with Gasteiger partial charge in [-0.2, -0.15) is 0 Å². The van der Waals surface area contributed by atoms with Gasteiger partial charge < -0.3 is 9.47 Å². The highest BCUT2D eigenvalue weighted by Gasteiger charge is 2.24. The molecule has 0 aliphatic carbocycles. The fourth-order valence-electron chi connectivity index (χ4n) is 1.98. The van der Waals surface area contributed by atoms with Gasteiger partial charge in [0.1, 0.15) is 6.10 Å². The number of carbonyl (C=O) groups excluding carboxylic acids is 1. The van der Waals surface area contributed by atoms with E-state index >= 15 is 0 Å². The van der Waals surface area contributed by atoms with E-state index in [4.69, 9.17) is 9.47 Å². The molecule has 0 bridgehead atoms. The Morgan fingerprint density at radius 2 is 2.14 bits per heavy atom. The van der Waals surface area contributed by atoms with E-state index in [9.17, 15) is 13.2 Å². The summed E-state index contributed by atoms with van der Waals surface area (Å²) >= 11 is 0. The second-order valence-corrected chi connectivity index (χ2v) is 6.58. The average molecular weight is 313 g/mol. The smallest absolute Gasteiger partial charge is 0.264 e. The number of benzene rings is 1. The number of hydrogen-bond donors (Lipinski definition) is 1. The van der Waals surface area contributed by atoms with Gasteiger partial charge in [-0.25, -0.2) is 13.1 Å². The number of sulfonamides is 1. The Balaban J connectivity index is 1.88. The zero-order valence-corrected chi connectivity index (χ0v) is 12.6. The van der Waals surface area contributed by atoms with Gasteiger partial charge in [-0.15, -0.1) is 0 Å². The van der Waals surface area contributed by atoms with Crippen LogP contribution in [0.4, 0.5) is 0 Å². The van der Waals surface area contributed by atoms with E-state index in [2.05, 4.69) is 0 Å². The van der Waals surface area contributed by atoms with Crippen LogP contribution >= 0.6 is 0 Å². The van der Waals surface area contributed by atoms with E-state index in [0.717, 1.165) is 12.8 Å². The Morgan fingerprint density at radius 3 is 2.76 bits per heavy atom. The third-order valence-corrected chi connectivity index (χ3v) is 4.58. The van der Waals surface area contributed by atoms with Gasteiger partial charge >= 0.3 is 0 Å². The molecule has 1 amide bonds. The van der Waals surface area contributed by atoms with Crippen LogP contribution < -0.4 is 4.72 Å². The minimum absolute atomic E-state index is 0.00835. The summed E-state index contributed by atoms with van der Waals surface area (Å²) in [6.45, 7) is 2.52. The molecule has 21 heavy (non-hydrogen) atoms. The first-order chi connectivity index (χ1) is 9.99. The summed E-state index contributed by atoms with van der Waals surface area (Å²) in [5, 5.41) is 0. The molecule has 1 aromatic carbocycles. The lowest BCUT2D eigenvalue weighted by Crippen LogP contribution is -2.39. The fraction of sp³-hybridized carbons (Fsp3) is 0.500. The number of rotatable bonds is 6. The van der Waals surface area contributed by atoms with Crippen molar-refractivity contribution in [1.29, 1.82) is 0 Å². The van der Waals surface area contributed by atoms with Crippen LogP contribution in [-0.4, -0.2) is 39.7 Å². The first-order valence-corrected chi connectivity index (χ1v) is 8.32. The van der Waals surface area contributed by atoms with Gasteiger partial charge in [0.05, 0.1) is 17.6 Å². The fourth-order valence-corrected chi connectivity index (χ4v) is 3.04. The summed E-state index contributed by atoms with van der Waals surface area (Å²) in [4.78, 5) is 11.9. The molecule has 1 aromatic rings. The van der Waals surface area contributed by atoms with Crippen molar-refractivity contribution in [3.8, 4) is 0 Å². The van der Waals surface area contributed by atoms with Crippen molar-refractivity contribution in [3.63, 3.8) is 0 Å². The summed E-state index contributed by atoms with van der Waals surface area (Å²) in [6.07, 6.45) is 1.02. The van der Waals surface area contributed by atoms with Crippen LogP contribution in [0.1, 0.15) is 19.8 Å². The highest BCUT2D eigenvalue weighted by atomic mass is 32.2. The number of amides is 1. The van der Waals surface area contributed by atoms with Crippen molar-refractivity contribution < 1.29 is 22.7 Å². The molecule has 6 nitrogen and oxygen atoms in total. The average Bonchev–Trinajstić information content (AvgIpc) is 2.98. The van der Waals surface area contributed by atoms with Crippen molar-refractivity contribution >= 4 is 15.9 Å². The molecular formula is C14H19NO5S. The lowest BCUT2D eigenvalue weighted by atomic mass is 10.2. The molecule has 0 radical (unpaired) electrons. The molecule has 0 aromatic heterocycles. The number of carbonyl (C=O) groups is 1. The topological polar surface area (TPSA) is 81.7 Å². The van der Waals surface area contributed by atoms with Gasteiger partial charge in [0, 0.05) is 6.61 Å². The van der Waals surface area contributed by atoms with Crippen molar-refractivity contribution in [2.75, 3.05) is 13.2 Å². The quantitative estimate of drug-likeness (QED) is 0.850. The normalized spacial score (nSPS) is 20.1. The number of hydrogen-bond acceptors (Lipinski definition) is 5. The molecular weight excluding hydrogens is 294 g/mol. The monoisotopic (exact) mass is 313 g/mol. The number of nitrogens with one attached hydrogen (secondary N) is 1. The molecule has 0 saturated carbocycles. The van der Waals surface area contributed by atoms with Crippen LogP contribution in [0, 0.1) is 0 Å². The van der Waals surface area contributed by atoms with Crippen LogP contribution in [0.5, 0.6) is 0 Å². The highest BCUT2D eigenvalue weighted by molar-refractivity contribution is 7.90. The Kier molecular flexibility index (Phi) is 5.33. The van der Waals surface area contributed by atoms with Gasteiger partial charge in [0.2, 0.25) is 0 Å². The summed E-state index contributed by atoms with van der Waals surface area (Å²) in [7, 11) is -3.85. The van der Waals surface area contributed by atoms with E-state index < -0.39 is 22.0 Å². The molecule has 1 fully saturated rings. The Morgan fingerprint density at radius 1 is 1.43 bits per heavy atom. The lowest BCUT2D eigenvalue weighted by Gasteiger charge is -2.16. The standard InChI is InChI=1S/C14H19NO5S/c1-11(20-10-12-6-5-9-19-12)14(16)15-21(17,18)13-7-3-2-4-8-13/h2-4,7-8,11-12H,5-6,9-10H2,1H3,(H,15,16). The first kappa shape index (κ1) is 15.9. The summed E-state index contributed by atoms with van der Waals surface area (Å²) in [5.41, 5.74) is 0. The van der Waals surface area contributed by atoms with E-state index in [1.165, 1.54) is 19.1 Å². The molecule has 2 unspecified atom stereocenters. The molecule has 2 atom stereocenters. The minimum atomic E-state index is -3.85. The zero-order valence-electron chi connectivity index (χ0n) is 11.8. The van der Waals surface area contributed by atoms with E-state index in [-0.39, 0.29) is 11.0 Å². The maximum absolute atomic E-state index is 12.0. The van der Waals surface area contributed by atoms with E-state index in [1.807, 2.05) is 4.72 Å². The van der Waals surface area contributed by atoms with E-state index in [1.54, 1.807) is 18.2 Å². The van der Waals surface area contributed by atoms with Gasteiger partial charge in [0.25, 0.3) is 15.9 Å². The Bertz CT molecular complexity index is 566.